The third kappa shape index (κ3) is 3.48. The van der Waals surface area contributed by atoms with Crippen molar-refractivity contribution in [1.29, 1.82) is 0 Å². The van der Waals surface area contributed by atoms with Gasteiger partial charge in [0.05, 0.1) is 12.2 Å². The fraction of sp³-hybridized carbons (Fsp3) is 0.278. The van der Waals surface area contributed by atoms with Crippen molar-refractivity contribution >= 4 is 17.3 Å². The van der Waals surface area contributed by atoms with E-state index in [2.05, 4.69) is 23.0 Å². The quantitative estimate of drug-likeness (QED) is 0.908. The Morgan fingerprint density at radius 2 is 1.96 bits per heavy atom. The van der Waals surface area contributed by atoms with E-state index in [1.807, 2.05) is 23.1 Å². The average Bonchev–Trinajstić information content (AvgIpc) is 2.85. The molecular formula is C18H18F2N2O2. The standard InChI is InChI=1S/C18H18F2N2O2/c1-12-10-13-6-2-4-8-15(13)22(12)11-17(23)21-14-7-3-5-9-16(14)24-18(19)20/h2-9,12,18H,10-11H2,1H3,(H,21,23)/t12-/m1/s1. The first-order chi connectivity index (χ1) is 11.5. The Hall–Kier alpha value is -2.63. The Bertz CT molecular complexity index is 736. The Morgan fingerprint density at radius 3 is 2.75 bits per heavy atom. The van der Waals surface area contributed by atoms with Crippen molar-refractivity contribution in [3.63, 3.8) is 0 Å². The van der Waals surface area contributed by atoms with Gasteiger partial charge in [0.25, 0.3) is 0 Å². The molecular weight excluding hydrogens is 314 g/mol. The summed E-state index contributed by atoms with van der Waals surface area (Å²) in [5.41, 5.74) is 2.49. The number of alkyl halides is 2. The third-order valence-electron chi connectivity index (χ3n) is 4.04. The fourth-order valence-corrected chi connectivity index (χ4v) is 2.98. The van der Waals surface area contributed by atoms with Crippen LogP contribution in [0.2, 0.25) is 0 Å². The molecule has 3 rings (SSSR count). The summed E-state index contributed by atoms with van der Waals surface area (Å²) in [7, 11) is 0. The number of nitrogens with zero attached hydrogens (tertiary/aromatic N) is 1. The van der Waals surface area contributed by atoms with Crippen LogP contribution in [0.1, 0.15) is 12.5 Å². The molecule has 1 N–H and O–H groups in total. The van der Waals surface area contributed by atoms with Crippen LogP contribution in [-0.2, 0) is 11.2 Å². The van der Waals surface area contributed by atoms with Gasteiger partial charge in [-0.25, -0.2) is 0 Å². The first kappa shape index (κ1) is 16.2. The third-order valence-corrected chi connectivity index (χ3v) is 4.04. The molecule has 126 valence electrons. The summed E-state index contributed by atoms with van der Waals surface area (Å²) in [6, 6.07) is 14.3. The van der Waals surface area contributed by atoms with E-state index in [0.29, 0.717) is 0 Å². The molecule has 0 unspecified atom stereocenters. The lowest BCUT2D eigenvalue weighted by atomic mass is 10.1. The van der Waals surface area contributed by atoms with Crippen LogP contribution >= 0.6 is 0 Å². The summed E-state index contributed by atoms with van der Waals surface area (Å²) in [6.45, 7) is -0.726. The molecule has 1 atom stereocenters. The number of halogens is 2. The van der Waals surface area contributed by atoms with Gasteiger partial charge in [0.1, 0.15) is 5.75 Å². The summed E-state index contributed by atoms with van der Waals surface area (Å²) in [6.07, 6.45) is 0.883. The maximum absolute atomic E-state index is 12.4. The van der Waals surface area contributed by atoms with Gasteiger partial charge in [0.15, 0.2) is 0 Å². The molecule has 4 nitrogen and oxygen atoms in total. The number of carbonyl (C=O) groups excluding carboxylic acids is 1. The highest BCUT2D eigenvalue weighted by atomic mass is 19.3. The van der Waals surface area contributed by atoms with Crippen molar-refractivity contribution in [1.82, 2.24) is 0 Å². The Kier molecular flexibility index (Phi) is 4.64. The molecule has 6 heteroatoms. The number of rotatable bonds is 5. The van der Waals surface area contributed by atoms with Crippen molar-refractivity contribution in [2.45, 2.75) is 26.0 Å². The normalized spacial score (nSPS) is 16.2. The summed E-state index contributed by atoms with van der Waals surface area (Å²) in [5.74, 6) is -0.320. The lowest BCUT2D eigenvalue weighted by molar-refractivity contribution is -0.115. The maximum atomic E-state index is 12.4. The number of hydrogen-bond acceptors (Lipinski definition) is 3. The molecule has 24 heavy (non-hydrogen) atoms. The Labute approximate surface area is 139 Å². The molecule has 1 aliphatic rings. The number of fused-ring (bicyclic) bond motifs is 1. The van der Waals surface area contributed by atoms with Gasteiger partial charge in [0, 0.05) is 11.7 Å². The van der Waals surface area contributed by atoms with Gasteiger partial charge in [-0.15, -0.1) is 0 Å². The second-order valence-corrected chi connectivity index (χ2v) is 5.73. The average molecular weight is 332 g/mol. The number of ether oxygens (including phenoxy) is 1. The van der Waals surface area contributed by atoms with Gasteiger partial charge in [-0.05, 0) is 37.1 Å². The Morgan fingerprint density at radius 1 is 1.25 bits per heavy atom. The molecule has 0 saturated heterocycles. The van der Waals surface area contributed by atoms with Crippen LogP contribution in [0.4, 0.5) is 20.2 Å². The van der Waals surface area contributed by atoms with E-state index < -0.39 is 6.61 Å². The van der Waals surface area contributed by atoms with Crippen molar-refractivity contribution in [3.05, 3.63) is 54.1 Å². The number of benzene rings is 2. The number of nitrogens with one attached hydrogen (secondary N) is 1. The van der Waals surface area contributed by atoms with E-state index in [-0.39, 0.29) is 29.9 Å². The van der Waals surface area contributed by atoms with E-state index in [1.165, 1.54) is 17.7 Å². The summed E-state index contributed by atoms with van der Waals surface area (Å²) in [4.78, 5) is 14.4. The zero-order valence-corrected chi connectivity index (χ0v) is 13.2. The lowest BCUT2D eigenvalue weighted by Crippen LogP contribution is -2.37. The van der Waals surface area contributed by atoms with Crippen molar-refractivity contribution in [2.75, 3.05) is 16.8 Å². The van der Waals surface area contributed by atoms with Crippen LogP contribution in [0.25, 0.3) is 0 Å². The predicted octanol–water partition coefficient (Wildman–Crippen LogP) is 3.68. The molecule has 1 aliphatic heterocycles. The molecule has 0 saturated carbocycles. The van der Waals surface area contributed by atoms with E-state index >= 15 is 0 Å². The summed E-state index contributed by atoms with van der Waals surface area (Å²) < 4.78 is 29.3. The van der Waals surface area contributed by atoms with Gasteiger partial charge in [-0.2, -0.15) is 8.78 Å². The van der Waals surface area contributed by atoms with E-state index in [4.69, 9.17) is 0 Å². The van der Waals surface area contributed by atoms with E-state index in [9.17, 15) is 13.6 Å². The molecule has 2 aromatic carbocycles. The molecule has 1 heterocycles. The van der Waals surface area contributed by atoms with Crippen molar-refractivity contribution < 1.29 is 18.3 Å². The molecule has 0 fully saturated rings. The molecule has 0 bridgehead atoms. The zero-order valence-electron chi connectivity index (χ0n) is 13.2. The van der Waals surface area contributed by atoms with Crippen LogP contribution in [0.3, 0.4) is 0 Å². The highest BCUT2D eigenvalue weighted by molar-refractivity contribution is 5.95. The number of carbonyl (C=O) groups is 1. The first-order valence-corrected chi connectivity index (χ1v) is 7.73. The van der Waals surface area contributed by atoms with Crippen LogP contribution < -0.4 is 15.0 Å². The fourth-order valence-electron chi connectivity index (χ4n) is 2.98. The molecule has 0 aromatic heterocycles. The molecule has 0 aliphatic carbocycles. The minimum absolute atomic E-state index is 0.0456. The first-order valence-electron chi connectivity index (χ1n) is 7.73. The number of amides is 1. The topological polar surface area (TPSA) is 41.6 Å². The summed E-state index contributed by atoms with van der Waals surface area (Å²) >= 11 is 0. The number of anilines is 2. The molecule has 0 radical (unpaired) electrons. The molecule has 0 spiro atoms. The second kappa shape index (κ2) is 6.86. The van der Waals surface area contributed by atoms with E-state index in [0.717, 1.165) is 12.1 Å². The molecule has 1 amide bonds. The van der Waals surface area contributed by atoms with Crippen LogP contribution in [-0.4, -0.2) is 25.1 Å². The highest BCUT2D eigenvalue weighted by Gasteiger charge is 2.27. The molecule has 2 aromatic rings. The van der Waals surface area contributed by atoms with Crippen molar-refractivity contribution in [2.24, 2.45) is 0 Å². The van der Waals surface area contributed by atoms with Crippen LogP contribution in [0, 0.1) is 0 Å². The minimum atomic E-state index is -2.94. The van der Waals surface area contributed by atoms with Gasteiger partial charge < -0.3 is 15.0 Å². The highest BCUT2D eigenvalue weighted by Crippen LogP contribution is 2.32. The predicted molar refractivity (Wildman–Crippen MR) is 88.7 cm³/mol. The number of para-hydroxylation sites is 3. The number of hydrogen-bond donors (Lipinski definition) is 1. The smallest absolute Gasteiger partial charge is 0.387 e. The SMILES string of the molecule is C[C@@H]1Cc2ccccc2N1CC(=O)Nc1ccccc1OC(F)F. The van der Waals surface area contributed by atoms with Gasteiger partial charge in [-0.3, -0.25) is 4.79 Å². The van der Waals surface area contributed by atoms with E-state index in [1.54, 1.807) is 12.1 Å². The largest absolute Gasteiger partial charge is 0.433 e. The minimum Gasteiger partial charge on any atom is -0.433 e. The monoisotopic (exact) mass is 332 g/mol. The Balaban J connectivity index is 1.71. The zero-order chi connectivity index (χ0) is 17.1. The summed E-state index contributed by atoms with van der Waals surface area (Å²) in [5, 5.41) is 2.66. The maximum Gasteiger partial charge on any atom is 0.387 e. The van der Waals surface area contributed by atoms with Gasteiger partial charge >= 0.3 is 6.61 Å². The van der Waals surface area contributed by atoms with Gasteiger partial charge in [0.2, 0.25) is 5.91 Å². The van der Waals surface area contributed by atoms with Crippen LogP contribution in [0.15, 0.2) is 48.5 Å². The van der Waals surface area contributed by atoms with Crippen LogP contribution in [0.5, 0.6) is 5.75 Å². The van der Waals surface area contributed by atoms with Gasteiger partial charge in [-0.1, -0.05) is 30.3 Å². The van der Waals surface area contributed by atoms with Crippen molar-refractivity contribution in [3.8, 4) is 5.75 Å². The lowest BCUT2D eigenvalue weighted by Gasteiger charge is -2.24. The second-order valence-electron chi connectivity index (χ2n) is 5.73.